The number of rotatable bonds is 6. The highest BCUT2D eigenvalue weighted by Crippen LogP contribution is 2.28. The van der Waals surface area contributed by atoms with Crippen LogP contribution in [0.1, 0.15) is 15.9 Å². The second-order valence-electron chi connectivity index (χ2n) is 4.76. The minimum absolute atomic E-state index is 0.214. The summed E-state index contributed by atoms with van der Waals surface area (Å²) in [6.45, 7) is 0. The summed E-state index contributed by atoms with van der Waals surface area (Å²) in [6.07, 6.45) is 1.36. The lowest BCUT2D eigenvalue weighted by Crippen LogP contribution is -2.24. The molecule has 8 nitrogen and oxygen atoms in total. The second-order valence-corrected chi connectivity index (χ2v) is 4.76. The molecule has 0 atom stereocenters. The highest BCUT2D eigenvalue weighted by Gasteiger charge is 2.13. The van der Waals surface area contributed by atoms with E-state index >= 15 is 0 Å². The third-order valence-electron chi connectivity index (χ3n) is 3.10. The fraction of sp³-hybridized carbons (Fsp3) is 0.118. The Morgan fingerprint density at radius 1 is 1.04 bits per heavy atom. The lowest BCUT2D eigenvalue weighted by molar-refractivity contribution is 0.0729. The highest BCUT2D eigenvalue weighted by molar-refractivity contribution is 5.92. The Morgan fingerprint density at radius 2 is 1.76 bits per heavy atom. The van der Waals surface area contributed by atoms with Gasteiger partial charge in [-0.15, -0.1) is 0 Å². The first-order chi connectivity index (χ1) is 12.0. The number of methoxy groups -OCH3 is 2. The van der Waals surface area contributed by atoms with Gasteiger partial charge in [0.15, 0.2) is 11.5 Å². The Kier molecular flexibility index (Phi) is 5.94. The van der Waals surface area contributed by atoms with Gasteiger partial charge in [0.25, 0.3) is 0 Å². The van der Waals surface area contributed by atoms with Gasteiger partial charge in [-0.25, -0.2) is 15.0 Å². The minimum Gasteiger partial charge on any atom is -0.497 e. The predicted molar refractivity (Wildman–Crippen MR) is 91.3 cm³/mol. The number of primary amides is 1. The van der Waals surface area contributed by atoms with E-state index in [1.165, 1.54) is 13.3 Å². The van der Waals surface area contributed by atoms with Crippen LogP contribution in [0.5, 0.6) is 17.2 Å². The third kappa shape index (κ3) is 4.96. The van der Waals surface area contributed by atoms with Crippen molar-refractivity contribution in [1.82, 2.24) is 5.43 Å². The molecule has 0 saturated carbocycles. The van der Waals surface area contributed by atoms with Crippen molar-refractivity contribution in [3.8, 4) is 17.2 Å². The molecule has 2 rings (SSSR count). The first kappa shape index (κ1) is 17.8. The van der Waals surface area contributed by atoms with Crippen molar-refractivity contribution in [2.75, 3.05) is 14.2 Å². The van der Waals surface area contributed by atoms with E-state index in [-0.39, 0.29) is 5.75 Å². The molecule has 0 spiro atoms. The molecule has 8 heteroatoms. The number of ether oxygens (including phenoxy) is 3. The third-order valence-corrected chi connectivity index (χ3v) is 3.10. The van der Waals surface area contributed by atoms with Crippen molar-refractivity contribution in [2.24, 2.45) is 10.8 Å². The fourth-order valence-electron chi connectivity index (χ4n) is 1.91. The van der Waals surface area contributed by atoms with Crippen molar-refractivity contribution in [3.63, 3.8) is 0 Å². The maximum absolute atomic E-state index is 12.3. The first-order valence-electron chi connectivity index (χ1n) is 7.16. The zero-order chi connectivity index (χ0) is 18.2. The largest absolute Gasteiger partial charge is 0.497 e. The number of benzene rings is 2. The summed E-state index contributed by atoms with van der Waals surface area (Å²) in [6, 6.07) is 10.6. The van der Waals surface area contributed by atoms with E-state index in [2.05, 4.69) is 10.5 Å². The summed E-state index contributed by atoms with van der Waals surface area (Å²) in [5.74, 6) is 0.674. The number of hydrogen-bond acceptors (Lipinski definition) is 6. The van der Waals surface area contributed by atoms with Gasteiger partial charge in [-0.2, -0.15) is 5.10 Å². The number of nitrogens with two attached hydrogens (primary N) is 1. The summed E-state index contributed by atoms with van der Waals surface area (Å²) in [5.41, 5.74) is 7.93. The maximum Gasteiger partial charge on any atom is 0.343 e. The second kappa shape index (κ2) is 8.34. The van der Waals surface area contributed by atoms with Gasteiger partial charge in [0, 0.05) is 0 Å². The van der Waals surface area contributed by atoms with Crippen LogP contribution in [0.2, 0.25) is 0 Å². The van der Waals surface area contributed by atoms with E-state index in [1.54, 1.807) is 49.6 Å². The van der Waals surface area contributed by atoms with Crippen LogP contribution in [0.4, 0.5) is 4.79 Å². The number of carbonyl (C=O) groups excluding carboxylic acids is 2. The molecule has 0 aliphatic heterocycles. The number of nitrogens with zero attached hydrogens (tertiary/aromatic N) is 1. The summed E-state index contributed by atoms with van der Waals surface area (Å²) in [4.78, 5) is 22.9. The van der Waals surface area contributed by atoms with Crippen LogP contribution in [0.25, 0.3) is 0 Å². The molecule has 0 aromatic heterocycles. The summed E-state index contributed by atoms with van der Waals surface area (Å²) in [7, 11) is 3.00. The molecule has 0 aliphatic rings. The predicted octanol–water partition coefficient (Wildman–Crippen LogP) is 1.93. The van der Waals surface area contributed by atoms with Gasteiger partial charge in [0.2, 0.25) is 0 Å². The molecule has 0 aliphatic carbocycles. The molecule has 2 aromatic rings. The fourth-order valence-corrected chi connectivity index (χ4v) is 1.91. The SMILES string of the molecule is COc1ccc(C(=O)Oc2cc(/C=N\NC(N)=O)ccc2OC)cc1. The van der Waals surface area contributed by atoms with Crippen molar-refractivity contribution >= 4 is 18.2 Å². The van der Waals surface area contributed by atoms with Crippen LogP contribution >= 0.6 is 0 Å². The van der Waals surface area contributed by atoms with Crippen LogP contribution < -0.4 is 25.4 Å². The van der Waals surface area contributed by atoms with Crippen molar-refractivity contribution < 1.29 is 23.8 Å². The van der Waals surface area contributed by atoms with E-state index in [9.17, 15) is 9.59 Å². The smallest absolute Gasteiger partial charge is 0.343 e. The van der Waals surface area contributed by atoms with Crippen molar-refractivity contribution in [3.05, 3.63) is 53.6 Å². The molecular formula is C17H17N3O5. The van der Waals surface area contributed by atoms with Gasteiger partial charge < -0.3 is 19.9 Å². The van der Waals surface area contributed by atoms with Crippen molar-refractivity contribution in [2.45, 2.75) is 0 Å². The van der Waals surface area contributed by atoms with E-state index in [4.69, 9.17) is 19.9 Å². The lowest BCUT2D eigenvalue weighted by Gasteiger charge is -2.10. The summed E-state index contributed by atoms with van der Waals surface area (Å²) < 4.78 is 15.6. The molecule has 2 aromatic carbocycles. The molecule has 0 fully saturated rings. The summed E-state index contributed by atoms with van der Waals surface area (Å²) >= 11 is 0. The lowest BCUT2D eigenvalue weighted by atomic mass is 10.2. The average Bonchev–Trinajstić information content (AvgIpc) is 2.61. The van der Waals surface area contributed by atoms with Gasteiger partial charge in [0.1, 0.15) is 5.75 Å². The molecule has 25 heavy (non-hydrogen) atoms. The Morgan fingerprint density at radius 3 is 2.36 bits per heavy atom. The Balaban J connectivity index is 2.19. The molecule has 2 amide bonds. The number of amides is 2. The highest BCUT2D eigenvalue weighted by atomic mass is 16.6. The van der Waals surface area contributed by atoms with Crippen LogP contribution in [-0.2, 0) is 0 Å². The zero-order valence-corrected chi connectivity index (χ0v) is 13.7. The Hall–Kier alpha value is -3.55. The van der Waals surface area contributed by atoms with Crippen LogP contribution in [0.15, 0.2) is 47.6 Å². The van der Waals surface area contributed by atoms with Crippen LogP contribution in [0, 0.1) is 0 Å². The monoisotopic (exact) mass is 343 g/mol. The number of carbonyl (C=O) groups is 2. The Bertz CT molecular complexity index is 787. The molecule has 0 heterocycles. The molecule has 3 N–H and O–H groups in total. The maximum atomic E-state index is 12.3. The van der Waals surface area contributed by atoms with Crippen LogP contribution in [0.3, 0.4) is 0 Å². The molecule has 0 unspecified atom stereocenters. The van der Waals surface area contributed by atoms with Gasteiger partial charge in [-0.1, -0.05) is 0 Å². The van der Waals surface area contributed by atoms with Gasteiger partial charge in [-0.05, 0) is 48.0 Å². The van der Waals surface area contributed by atoms with Gasteiger partial charge in [-0.3, -0.25) is 0 Å². The minimum atomic E-state index is -0.782. The molecule has 0 radical (unpaired) electrons. The zero-order valence-electron chi connectivity index (χ0n) is 13.7. The number of hydrogen-bond donors (Lipinski definition) is 2. The molecule has 0 saturated heterocycles. The van der Waals surface area contributed by atoms with E-state index in [1.807, 2.05) is 0 Å². The van der Waals surface area contributed by atoms with Crippen molar-refractivity contribution in [1.29, 1.82) is 0 Å². The molecule has 130 valence electrons. The standard InChI is InChI=1S/C17H17N3O5/c1-23-13-6-4-12(5-7-13)16(21)25-15-9-11(3-8-14(15)24-2)10-19-20-17(18)22/h3-10H,1-2H3,(H3,18,20,22)/b19-10-. The number of nitrogens with one attached hydrogen (secondary N) is 1. The van der Waals surface area contributed by atoms with Gasteiger partial charge >= 0.3 is 12.0 Å². The molecule has 0 bridgehead atoms. The van der Waals surface area contributed by atoms with E-state index in [0.717, 1.165) is 0 Å². The van der Waals surface area contributed by atoms with E-state index < -0.39 is 12.0 Å². The number of hydrazone groups is 1. The quantitative estimate of drug-likeness (QED) is 0.360. The normalized spacial score (nSPS) is 10.3. The first-order valence-corrected chi connectivity index (χ1v) is 7.16. The summed E-state index contributed by atoms with van der Waals surface area (Å²) in [5, 5.41) is 3.65. The Labute approximate surface area is 144 Å². The van der Waals surface area contributed by atoms with Crippen LogP contribution in [-0.4, -0.2) is 32.4 Å². The number of esters is 1. The van der Waals surface area contributed by atoms with Gasteiger partial charge in [0.05, 0.1) is 26.0 Å². The van der Waals surface area contributed by atoms with E-state index in [0.29, 0.717) is 22.6 Å². The molecular weight excluding hydrogens is 326 g/mol. The average molecular weight is 343 g/mol. The topological polar surface area (TPSA) is 112 Å². The number of urea groups is 1.